The number of nitrogens with zero attached hydrogens (tertiary/aromatic N) is 4. The topological polar surface area (TPSA) is 106 Å². The number of aromatic amines is 1. The van der Waals surface area contributed by atoms with Gasteiger partial charge in [0, 0.05) is 23.6 Å². The van der Waals surface area contributed by atoms with Crippen LogP contribution in [0, 0.1) is 6.57 Å². The zero-order valence-electron chi connectivity index (χ0n) is 22.6. The Morgan fingerprint density at radius 3 is 2.55 bits per heavy atom. The summed E-state index contributed by atoms with van der Waals surface area (Å²) in [5.74, 6) is 0. The average Bonchev–Trinajstić information content (AvgIpc) is 3.27. The number of ether oxygens (including phenoxy) is 1. The van der Waals surface area contributed by atoms with E-state index in [1.165, 1.54) is 0 Å². The van der Waals surface area contributed by atoms with Crippen LogP contribution in [0.15, 0.2) is 41.3 Å². The van der Waals surface area contributed by atoms with E-state index < -0.39 is 11.7 Å². The first-order valence-electron chi connectivity index (χ1n) is 12.6. The van der Waals surface area contributed by atoms with Gasteiger partial charge in [-0.1, -0.05) is 32.0 Å². The van der Waals surface area contributed by atoms with Crippen LogP contribution in [0.1, 0.15) is 51.4 Å². The van der Waals surface area contributed by atoms with Crippen LogP contribution in [0.3, 0.4) is 0 Å². The van der Waals surface area contributed by atoms with Crippen molar-refractivity contribution in [3.05, 3.63) is 75.1 Å². The van der Waals surface area contributed by atoms with Gasteiger partial charge in [0.2, 0.25) is 0 Å². The summed E-state index contributed by atoms with van der Waals surface area (Å²) >= 11 is 0. The van der Waals surface area contributed by atoms with Gasteiger partial charge in [-0.25, -0.2) is 14.7 Å². The number of alkyl carbamates (subject to hydrolysis) is 1. The second kappa shape index (κ2) is 10.5. The second-order valence-electron chi connectivity index (χ2n) is 10.1. The normalized spacial score (nSPS) is 11.4. The maximum Gasteiger partial charge on any atom is 0.407 e. The Labute approximate surface area is 221 Å². The molecular formula is C29H32N6O3. The van der Waals surface area contributed by atoms with E-state index in [-0.39, 0.29) is 12.1 Å². The summed E-state index contributed by atoms with van der Waals surface area (Å²) in [4.78, 5) is 28.7. The molecular weight excluding hydrogens is 480 g/mol. The number of fused-ring (bicyclic) bond motifs is 1. The van der Waals surface area contributed by atoms with E-state index in [4.69, 9.17) is 11.3 Å². The minimum absolute atomic E-state index is 0.0752. The average molecular weight is 513 g/mol. The molecule has 2 heterocycles. The van der Waals surface area contributed by atoms with Crippen molar-refractivity contribution in [2.24, 2.45) is 7.05 Å². The van der Waals surface area contributed by atoms with Gasteiger partial charge in [0.25, 0.3) is 5.56 Å². The highest BCUT2D eigenvalue weighted by Crippen LogP contribution is 2.40. The molecule has 9 heteroatoms. The summed E-state index contributed by atoms with van der Waals surface area (Å²) in [6, 6.07) is 9.66. The van der Waals surface area contributed by atoms with Crippen molar-refractivity contribution in [3.63, 3.8) is 0 Å². The lowest BCUT2D eigenvalue weighted by Gasteiger charge is -2.19. The molecule has 0 spiro atoms. The van der Waals surface area contributed by atoms with E-state index in [1.54, 1.807) is 37.7 Å². The molecule has 0 saturated heterocycles. The summed E-state index contributed by atoms with van der Waals surface area (Å²) in [6.45, 7) is 17.5. The number of hydrogen-bond acceptors (Lipinski definition) is 5. The fourth-order valence-electron chi connectivity index (χ4n) is 4.51. The largest absolute Gasteiger partial charge is 0.444 e. The summed E-state index contributed by atoms with van der Waals surface area (Å²) in [5, 5.41) is 15.0. The Hall–Kier alpha value is -4.45. The maximum absolute atomic E-state index is 12.5. The molecule has 2 aromatic heterocycles. The minimum Gasteiger partial charge on any atom is -0.444 e. The molecule has 0 unspecified atom stereocenters. The van der Waals surface area contributed by atoms with Crippen LogP contribution in [-0.2, 0) is 31.2 Å². The Bertz CT molecular complexity index is 1620. The van der Waals surface area contributed by atoms with Gasteiger partial charge in [-0.15, -0.1) is 0 Å². The van der Waals surface area contributed by atoms with Gasteiger partial charge < -0.3 is 10.1 Å². The van der Waals surface area contributed by atoms with E-state index in [1.807, 2.05) is 19.2 Å². The first-order chi connectivity index (χ1) is 18.1. The highest BCUT2D eigenvalue weighted by atomic mass is 16.6. The SMILES string of the molecule is [C-]#[N+]c1c(CC)cc(CC)cc1-c1c(-c2ccc3c(=O)[nH]nc(CNC(=O)OC(C)(C)C)c3c2)cnn1C. The zero-order valence-corrected chi connectivity index (χ0v) is 22.6. The summed E-state index contributed by atoms with van der Waals surface area (Å²) in [6.07, 6.45) is 2.81. The smallest absolute Gasteiger partial charge is 0.407 e. The molecule has 0 bridgehead atoms. The van der Waals surface area contributed by atoms with Crippen molar-refractivity contribution in [1.82, 2.24) is 25.3 Å². The number of aromatic nitrogens is 4. The molecule has 4 rings (SSSR count). The molecule has 0 aliphatic rings. The van der Waals surface area contributed by atoms with Crippen molar-refractivity contribution < 1.29 is 9.53 Å². The van der Waals surface area contributed by atoms with Gasteiger partial charge >= 0.3 is 6.09 Å². The third kappa shape index (κ3) is 5.30. The number of H-pyrrole nitrogens is 1. The molecule has 2 N–H and O–H groups in total. The predicted molar refractivity (Wildman–Crippen MR) is 148 cm³/mol. The van der Waals surface area contributed by atoms with Crippen LogP contribution in [0.4, 0.5) is 10.5 Å². The van der Waals surface area contributed by atoms with E-state index in [2.05, 4.69) is 51.4 Å². The van der Waals surface area contributed by atoms with Gasteiger partial charge in [-0.2, -0.15) is 10.2 Å². The lowest BCUT2D eigenvalue weighted by atomic mass is 9.93. The molecule has 0 aliphatic heterocycles. The second-order valence-corrected chi connectivity index (χ2v) is 10.1. The van der Waals surface area contributed by atoms with E-state index in [0.717, 1.165) is 46.4 Å². The minimum atomic E-state index is -0.634. The van der Waals surface area contributed by atoms with Crippen LogP contribution in [0.2, 0.25) is 0 Å². The number of carbonyl (C=O) groups excluding carboxylic acids is 1. The number of rotatable bonds is 6. The summed E-state index contributed by atoms with van der Waals surface area (Å²) in [7, 11) is 1.86. The summed E-state index contributed by atoms with van der Waals surface area (Å²) in [5.41, 5.74) is 5.64. The van der Waals surface area contributed by atoms with Crippen LogP contribution in [-0.4, -0.2) is 31.7 Å². The molecule has 2 aromatic carbocycles. The van der Waals surface area contributed by atoms with Crippen LogP contribution in [0.25, 0.3) is 38.0 Å². The number of nitrogens with one attached hydrogen (secondary N) is 2. The molecule has 0 fully saturated rings. The Balaban J connectivity index is 1.84. The molecule has 38 heavy (non-hydrogen) atoms. The zero-order chi connectivity index (χ0) is 27.6. The van der Waals surface area contributed by atoms with E-state index in [0.29, 0.717) is 22.2 Å². The Morgan fingerprint density at radius 2 is 1.89 bits per heavy atom. The first kappa shape index (κ1) is 26.6. The number of amides is 1. The van der Waals surface area contributed by atoms with Gasteiger partial charge in [0.05, 0.1) is 36.1 Å². The molecule has 0 atom stereocenters. The highest BCUT2D eigenvalue weighted by Gasteiger charge is 2.21. The van der Waals surface area contributed by atoms with Gasteiger partial charge in [-0.05, 0) is 62.4 Å². The molecule has 0 saturated carbocycles. The third-order valence-corrected chi connectivity index (χ3v) is 6.32. The quantitative estimate of drug-likeness (QED) is 0.323. The lowest BCUT2D eigenvalue weighted by molar-refractivity contribution is 0.0523. The van der Waals surface area contributed by atoms with Crippen LogP contribution < -0.4 is 10.9 Å². The van der Waals surface area contributed by atoms with Gasteiger partial charge in [-0.3, -0.25) is 9.48 Å². The summed E-state index contributed by atoms with van der Waals surface area (Å²) < 4.78 is 7.11. The molecule has 1 amide bonds. The number of hydrogen-bond donors (Lipinski definition) is 2. The fraction of sp³-hybridized carbons (Fsp3) is 0.345. The van der Waals surface area contributed by atoms with E-state index >= 15 is 0 Å². The van der Waals surface area contributed by atoms with Crippen molar-refractivity contribution in [1.29, 1.82) is 0 Å². The standard InChI is InChI=1S/C29H32N6O3/c1-8-17-12-18(9-2)25(30-6)22(13-17)26-23(15-32-35(26)7)19-10-11-20-21(14-19)24(33-34-27(20)36)16-31-28(37)38-29(3,4)5/h10-15H,8-9,16H2,1-5,7H3,(H,31,37)(H,34,36). The van der Waals surface area contributed by atoms with Crippen LogP contribution in [0.5, 0.6) is 0 Å². The number of carbonyl (C=O) groups is 1. The molecule has 196 valence electrons. The lowest BCUT2D eigenvalue weighted by Crippen LogP contribution is -2.32. The van der Waals surface area contributed by atoms with Gasteiger partial charge in [0.1, 0.15) is 5.60 Å². The van der Waals surface area contributed by atoms with Crippen molar-refractivity contribution in [3.8, 4) is 22.4 Å². The highest BCUT2D eigenvalue weighted by molar-refractivity contribution is 5.93. The monoisotopic (exact) mass is 512 g/mol. The Kier molecular flexibility index (Phi) is 7.35. The fourth-order valence-corrected chi connectivity index (χ4v) is 4.51. The maximum atomic E-state index is 12.5. The number of benzene rings is 2. The van der Waals surface area contributed by atoms with Gasteiger partial charge in [0.15, 0.2) is 5.69 Å². The first-order valence-corrected chi connectivity index (χ1v) is 12.6. The van der Waals surface area contributed by atoms with E-state index in [9.17, 15) is 9.59 Å². The van der Waals surface area contributed by atoms with Crippen LogP contribution >= 0.6 is 0 Å². The molecule has 9 nitrogen and oxygen atoms in total. The Morgan fingerprint density at radius 1 is 1.13 bits per heavy atom. The molecule has 0 aliphatic carbocycles. The van der Waals surface area contributed by atoms with Crippen molar-refractivity contribution in [2.75, 3.05) is 0 Å². The number of aryl methyl sites for hydroxylation is 3. The molecule has 4 aromatic rings. The third-order valence-electron chi connectivity index (χ3n) is 6.32. The molecule has 0 radical (unpaired) electrons. The van der Waals surface area contributed by atoms with Crippen molar-refractivity contribution in [2.45, 2.75) is 59.6 Å². The van der Waals surface area contributed by atoms with Crippen molar-refractivity contribution >= 4 is 22.6 Å². The predicted octanol–water partition coefficient (Wildman–Crippen LogP) is 5.69.